The first-order valence-corrected chi connectivity index (χ1v) is 9.20. The molecule has 0 unspecified atom stereocenters. The normalized spacial score (nSPS) is 12.3. The average molecular weight is 322 g/mol. The monoisotopic (exact) mass is 322 g/mol. The Labute approximate surface area is 119 Å². The van der Waals surface area contributed by atoms with E-state index < -0.39 is 20.0 Å². The Balaban J connectivity index is 2.49. The summed E-state index contributed by atoms with van der Waals surface area (Å²) in [5, 5.41) is 2.79. The van der Waals surface area contributed by atoms with Crippen molar-refractivity contribution in [1.29, 1.82) is 0 Å². The molecule has 1 aromatic rings. The number of nitrogens with zero attached hydrogens (tertiary/aromatic N) is 1. The molecule has 0 atom stereocenters. The molecule has 0 bridgehead atoms. The Kier molecular flexibility index (Phi) is 5.87. The summed E-state index contributed by atoms with van der Waals surface area (Å²) in [5.74, 6) is 0.571. The molecule has 0 aliphatic heterocycles. The minimum atomic E-state index is -3.62. The zero-order valence-corrected chi connectivity index (χ0v) is 12.9. The van der Waals surface area contributed by atoms with Gasteiger partial charge < -0.3 is 5.32 Å². The maximum absolute atomic E-state index is 11.9. The summed E-state index contributed by atoms with van der Waals surface area (Å²) in [5.41, 5.74) is 0. The number of hydrogen-bond acceptors (Lipinski definition) is 6. The quantitative estimate of drug-likeness (QED) is 0.547. The van der Waals surface area contributed by atoms with Crippen LogP contribution in [0.15, 0.2) is 23.2 Å². The zero-order valence-electron chi connectivity index (χ0n) is 11.3. The van der Waals surface area contributed by atoms with Gasteiger partial charge in [0.1, 0.15) is 10.7 Å². The number of hydrogen-bond donors (Lipinski definition) is 3. The topological polar surface area (TPSA) is 117 Å². The van der Waals surface area contributed by atoms with Crippen molar-refractivity contribution in [2.45, 2.75) is 11.3 Å². The molecule has 8 nitrogen and oxygen atoms in total. The van der Waals surface area contributed by atoms with Crippen LogP contribution in [0, 0.1) is 0 Å². The van der Waals surface area contributed by atoms with Gasteiger partial charge in [0.05, 0.1) is 6.26 Å². The average Bonchev–Trinajstić information content (AvgIpc) is 2.37. The Morgan fingerprint density at radius 2 is 1.75 bits per heavy atom. The van der Waals surface area contributed by atoms with Crippen LogP contribution in [0.3, 0.4) is 0 Å². The minimum Gasteiger partial charge on any atom is -0.373 e. The Hall–Kier alpha value is -1.23. The number of pyridine rings is 1. The summed E-state index contributed by atoms with van der Waals surface area (Å²) in [7, 11) is -5.18. The lowest BCUT2D eigenvalue weighted by atomic mass is 10.4. The molecule has 1 rings (SSSR count). The van der Waals surface area contributed by atoms with Crippen LogP contribution >= 0.6 is 0 Å². The minimum absolute atomic E-state index is 0.0626. The highest BCUT2D eigenvalue weighted by atomic mass is 32.2. The largest absolute Gasteiger partial charge is 0.373 e. The number of sulfonamides is 2. The second-order valence-electron chi connectivity index (χ2n) is 4.05. The number of rotatable bonds is 8. The lowest BCUT2D eigenvalue weighted by Gasteiger charge is -2.07. The molecule has 1 aromatic heterocycles. The molecule has 0 radical (unpaired) electrons. The maximum Gasteiger partial charge on any atom is 0.242 e. The van der Waals surface area contributed by atoms with Crippen LogP contribution in [0.4, 0.5) is 5.82 Å². The van der Waals surface area contributed by atoms with E-state index in [1.807, 2.05) is 0 Å². The Morgan fingerprint density at radius 3 is 2.25 bits per heavy atom. The van der Waals surface area contributed by atoms with Gasteiger partial charge in [-0.2, -0.15) is 0 Å². The van der Waals surface area contributed by atoms with Gasteiger partial charge in [0.2, 0.25) is 20.0 Å². The Morgan fingerprint density at radius 1 is 1.10 bits per heavy atom. The van der Waals surface area contributed by atoms with Crippen molar-refractivity contribution in [3.8, 4) is 0 Å². The van der Waals surface area contributed by atoms with Crippen molar-refractivity contribution in [3.05, 3.63) is 18.3 Å². The van der Waals surface area contributed by atoms with Crippen LogP contribution in [-0.2, 0) is 20.0 Å². The van der Waals surface area contributed by atoms with Crippen molar-refractivity contribution < 1.29 is 16.8 Å². The first-order valence-electron chi connectivity index (χ1n) is 5.83. The van der Waals surface area contributed by atoms with E-state index in [9.17, 15) is 16.8 Å². The van der Waals surface area contributed by atoms with Gasteiger partial charge in [-0.15, -0.1) is 0 Å². The van der Waals surface area contributed by atoms with E-state index in [1.165, 1.54) is 12.3 Å². The molecule has 0 aliphatic carbocycles. The molecule has 0 spiro atoms. The fraction of sp³-hybridized carbons (Fsp3) is 0.500. The van der Waals surface area contributed by atoms with Gasteiger partial charge in [-0.1, -0.05) is 0 Å². The van der Waals surface area contributed by atoms with Crippen LogP contribution in [0.5, 0.6) is 0 Å². The molecule has 10 heteroatoms. The third-order valence-corrected chi connectivity index (χ3v) is 4.49. The maximum atomic E-state index is 11.9. The highest BCUT2D eigenvalue weighted by Crippen LogP contribution is 2.09. The molecular formula is C10H18N4O4S2. The first-order chi connectivity index (χ1) is 9.24. The van der Waals surface area contributed by atoms with Crippen LogP contribution < -0.4 is 14.8 Å². The standard InChI is InChI=1S/C10H18N4O4S2/c1-11-10-5-4-9(8-12-10)20(17,18)14-7-3-6-13-19(2,15)16/h4-5,8,13-14H,3,6-7H2,1-2H3,(H,11,12). The van der Waals surface area contributed by atoms with Crippen LogP contribution in [0.1, 0.15) is 6.42 Å². The molecule has 0 fully saturated rings. The van der Waals surface area contributed by atoms with E-state index in [1.54, 1.807) is 13.1 Å². The fourth-order valence-corrected chi connectivity index (χ4v) is 2.86. The summed E-state index contributed by atoms with van der Waals surface area (Å²) in [6.45, 7) is 0.316. The second-order valence-corrected chi connectivity index (χ2v) is 7.65. The molecule has 0 saturated heterocycles. The lowest BCUT2D eigenvalue weighted by molar-refractivity contribution is 0.574. The highest BCUT2D eigenvalue weighted by molar-refractivity contribution is 7.89. The summed E-state index contributed by atoms with van der Waals surface area (Å²) in [4.78, 5) is 3.98. The van der Waals surface area contributed by atoms with Crippen molar-refractivity contribution in [2.24, 2.45) is 0 Å². The van der Waals surface area contributed by atoms with Gasteiger partial charge in [-0.25, -0.2) is 31.3 Å². The lowest BCUT2D eigenvalue weighted by Crippen LogP contribution is -2.29. The molecule has 20 heavy (non-hydrogen) atoms. The number of anilines is 1. The van der Waals surface area contributed by atoms with E-state index in [-0.39, 0.29) is 18.0 Å². The highest BCUT2D eigenvalue weighted by Gasteiger charge is 2.13. The summed E-state index contributed by atoms with van der Waals surface area (Å²) < 4.78 is 50.0. The van der Waals surface area contributed by atoms with E-state index in [2.05, 4.69) is 19.7 Å². The van der Waals surface area contributed by atoms with Gasteiger partial charge in [0.15, 0.2) is 0 Å². The third-order valence-electron chi connectivity index (χ3n) is 2.31. The predicted octanol–water partition coefficient (Wildman–Crippen LogP) is -0.659. The SMILES string of the molecule is CNc1ccc(S(=O)(=O)NCCCNS(C)(=O)=O)cn1. The van der Waals surface area contributed by atoms with Crippen LogP contribution in [0.25, 0.3) is 0 Å². The van der Waals surface area contributed by atoms with Gasteiger partial charge in [-0.3, -0.25) is 0 Å². The molecular weight excluding hydrogens is 304 g/mol. The molecule has 0 aromatic carbocycles. The van der Waals surface area contributed by atoms with E-state index in [4.69, 9.17) is 0 Å². The van der Waals surface area contributed by atoms with Gasteiger partial charge in [0.25, 0.3) is 0 Å². The van der Waals surface area contributed by atoms with Crippen molar-refractivity contribution in [2.75, 3.05) is 31.7 Å². The molecule has 0 aliphatic rings. The fourth-order valence-electron chi connectivity index (χ4n) is 1.32. The number of aromatic nitrogens is 1. The van der Waals surface area contributed by atoms with Crippen molar-refractivity contribution in [3.63, 3.8) is 0 Å². The molecule has 3 N–H and O–H groups in total. The van der Waals surface area contributed by atoms with E-state index in [0.717, 1.165) is 6.26 Å². The first kappa shape index (κ1) is 16.8. The summed E-state index contributed by atoms with van der Waals surface area (Å²) >= 11 is 0. The molecule has 0 saturated carbocycles. The zero-order chi connectivity index (χ0) is 15.2. The van der Waals surface area contributed by atoms with Crippen LogP contribution in [-0.4, -0.2) is 48.2 Å². The molecule has 114 valence electrons. The van der Waals surface area contributed by atoms with Gasteiger partial charge >= 0.3 is 0 Å². The molecule has 0 amide bonds. The van der Waals surface area contributed by atoms with E-state index in [0.29, 0.717) is 12.2 Å². The predicted molar refractivity (Wildman–Crippen MR) is 76.4 cm³/mol. The summed E-state index contributed by atoms with van der Waals surface area (Å²) in [6.07, 6.45) is 2.66. The summed E-state index contributed by atoms with van der Waals surface area (Å²) in [6, 6.07) is 3.00. The smallest absolute Gasteiger partial charge is 0.242 e. The molecule has 1 heterocycles. The van der Waals surface area contributed by atoms with Crippen molar-refractivity contribution in [1.82, 2.24) is 14.4 Å². The van der Waals surface area contributed by atoms with E-state index >= 15 is 0 Å². The Bertz CT molecular complexity index is 626. The van der Waals surface area contributed by atoms with Gasteiger partial charge in [0, 0.05) is 26.3 Å². The third kappa shape index (κ3) is 5.82. The van der Waals surface area contributed by atoms with Crippen LogP contribution in [0.2, 0.25) is 0 Å². The van der Waals surface area contributed by atoms with Gasteiger partial charge in [-0.05, 0) is 18.6 Å². The number of nitrogens with one attached hydrogen (secondary N) is 3. The van der Waals surface area contributed by atoms with Crippen molar-refractivity contribution >= 4 is 25.9 Å². The second kappa shape index (κ2) is 6.97.